The molecule has 41 heavy (non-hydrogen) atoms. The molecule has 7 aromatic rings. The zero-order valence-corrected chi connectivity index (χ0v) is 22.4. The number of hydrogen-bond donors (Lipinski definition) is 1. The van der Waals surface area contributed by atoms with Crippen molar-refractivity contribution in [2.24, 2.45) is 0 Å². The van der Waals surface area contributed by atoms with E-state index in [0.717, 1.165) is 0 Å². The highest BCUT2D eigenvalue weighted by Gasteiger charge is 2.25. The molecule has 2 aliphatic rings. The zero-order chi connectivity index (χ0) is 26.9. The molecule has 0 spiro atoms. The van der Waals surface area contributed by atoms with Gasteiger partial charge in [-0.3, -0.25) is 0 Å². The van der Waals surface area contributed by atoms with Gasteiger partial charge >= 0.3 is 0 Å². The molecule has 0 amide bonds. The van der Waals surface area contributed by atoms with Crippen LogP contribution < -0.4 is 5.32 Å². The predicted octanol–water partition coefficient (Wildman–Crippen LogP) is 9.97. The van der Waals surface area contributed by atoms with Gasteiger partial charge in [0.05, 0.1) is 17.1 Å². The van der Waals surface area contributed by atoms with Crippen molar-refractivity contribution in [1.82, 2.24) is 9.88 Å². The van der Waals surface area contributed by atoms with Crippen LogP contribution in [0.1, 0.15) is 11.6 Å². The Balaban J connectivity index is 1.35. The smallest absolute Gasteiger partial charge is 0.0695 e. The van der Waals surface area contributed by atoms with Crippen molar-refractivity contribution in [2.45, 2.75) is 6.04 Å². The average molecular weight is 523 g/mol. The summed E-state index contributed by atoms with van der Waals surface area (Å²) in [7, 11) is 0. The monoisotopic (exact) mass is 522 g/mol. The summed E-state index contributed by atoms with van der Waals surface area (Å²) in [6.45, 7) is 0. The first-order valence-electron chi connectivity index (χ1n) is 14.2. The molecule has 1 aliphatic carbocycles. The van der Waals surface area contributed by atoms with E-state index in [1.807, 2.05) is 12.3 Å². The van der Waals surface area contributed by atoms with Gasteiger partial charge in [0, 0.05) is 16.5 Å². The van der Waals surface area contributed by atoms with Crippen molar-refractivity contribution >= 4 is 32.6 Å². The van der Waals surface area contributed by atoms with Crippen LogP contribution in [0.15, 0.2) is 146 Å². The topological polar surface area (TPSA) is 17.0 Å². The fraction of sp³-hybridized carbons (Fsp3) is 0.0256. The van der Waals surface area contributed by atoms with Crippen molar-refractivity contribution in [2.75, 3.05) is 0 Å². The van der Waals surface area contributed by atoms with Gasteiger partial charge in [0.2, 0.25) is 0 Å². The third-order valence-electron chi connectivity index (χ3n) is 8.78. The summed E-state index contributed by atoms with van der Waals surface area (Å²) in [6.07, 6.45) is 8.36. The van der Waals surface area contributed by atoms with Crippen LogP contribution in [0, 0.1) is 0 Å². The second-order valence-electron chi connectivity index (χ2n) is 11.0. The molecule has 1 unspecified atom stereocenters. The SMILES string of the molecule is C1=CNC(c2cccc(-c3ccc4c(c3)c3c5cccc6c5c(cc3n4-c3ccccc3)-c3ccccc3-6)c2)C=C1. The predicted molar refractivity (Wildman–Crippen MR) is 172 cm³/mol. The Kier molecular flexibility index (Phi) is 4.70. The molecule has 2 heteroatoms. The molecule has 1 atom stereocenters. The zero-order valence-electron chi connectivity index (χ0n) is 22.4. The Morgan fingerprint density at radius 3 is 2.15 bits per heavy atom. The van der Waals surface area contributed by atoms with Gasteiger partial charge in [0.25, 0.3) is 0 Å². The van der Waals surface area contributed by atoms with Gasteiger partial charge in [-0.1, -0.05) is 97.1 Å². The molecule has 2 nitrogen and oxygen atoms in total. The minimum absolute atomic E-state index is 0.188. The maximum Gasteiger partial charge on any atom is 0.0695 e. The highest BCUT2D eigenvalue weighted by atomic mass is 15.0. The van der Waals surface area contributed by atoms with E-state index in [0.29, 0.717) is 0 Å². The first kappa shape index (κ1) is 22.5. The van der Waals surface area contributed by atoms with E-state index in [2.05, 4.69) is 143 Å². The highest BCUT2D eigenvalue weighted by molar-refractivity contribution is 6.29. The quantitative estimate of drug-likeness (QED) is 0.244. The number of allylic oxidation sites excluding steroid dienone is 2. The molecule has 0 radical (unpaired) electrons. The number of rotatable bonds is 3. The number of nitrogens with zero attached hydrogens (tertiary/aromatic N) is 1. The summed E-state index contributed by atoms with van der Waals surface area (Å²) >= 11 is 0. The van der Waals surface area contributed by atoms with E-state index in [9.17, 15) is 0 Å². The molecular weight excluding hydrogens is 496 g/mol. The lowest BCUT2D eigenvalue weighted by molar-refractivity contribution is 0.747. The summed E-state index contributed by atoms with van der Waals surface area (Å²) in [5.41, 5.74) is 12.7. The lowest BCUT2D eigenvalue weighted by Crippen LogP contribution is -2.14. The molecule has 192 valence electrons. The van der Waals surface area contributed by atoms with Crippen LogP contribution in [0.2, 0.25) is 0 Å². The van der Waals surface area contributed by atoms with Gasteiger partial charge in [0.1, 0.15) is 0 Å². The number of nitrogens with one attached hydrogen (secondary N) is 1. The summed E-state index contributed by atoms with van der Waals surface area (Å²) < 4.78 is 2.44. The Morgan fingerprint density at radius 2 is 1.29 bits per heavy atom. The molecule has 1 aliphatic heterocycles. The van der Waals surface area contributed by atoms with Crippen LogP contribution in [0.3, 0.4) is 0 Å². The standard InChI is InChI=1S/C39H26N2/c1-2-12-28(13-3-1)41-36-20-19-26(25-10-8-11-27(22-25)35-18-6-7-21-40-35)23-34(36)39-32-17-9-16-31-29-14-4-5-15-30(29)33(38(31)32)24-37(39)41/h1-24,35,40H. The van der Waals surface area contributed by atoms with Gasteiger partial charge in [-0.25, -0.2) is 0 Å². The molecule has 6 aromatic carbocycles. The van der Waals surface area contributed by atoms with Gasteiger partial charge in [-0.05, 0) is 98.4 Å². The molecule has 0 saturated carbocycles. The van der Waals surface area contributed by atoms with Crippen molar-refractivity contribution in [3.63, 3.8) is 0 Å². The maximum atomic E-state index is 3.46. The van der Waals surface area contributed by atoms with Crippen LogP contribution in [-0.2, 0) is 0 Å². The average Bonchev–Trinajstić information content (AvgIpc) is 3.55. The Labute approximate surface area is 238 Å². The van der Waals surface area contributed by atoms with Gasteiger partial charge in [0.15, 0.2) is 0 Å². The van der Waals surface area contributed by atoms with E-state index in [4.69, 9.17) is 0 Å². The van der Waals surface area contributed by atoms with Crippen LogP contribution in [-0.4, -0.2) is 4.57 Å². The normalized spacial score (nSPS) is 15.1. The second kappa shape index (κ2) is 8.58. The van der Waals surface area contributed by atoms with E-state index >= 15 is 0 Å². The van der Waals surface area contributed by atoms with Crippen molar-refractivity contribution < 1.29 is 0 Å². The van der Waals surface area contributed by atoms with Crippen molar-refractivity contribution in [3.8, 4) is 39.1 Å². The van der Waals surface area contributed by atoms with Crippen LogP contribution >= 0.6 is 0 Å². The first-order valence-corrected chi connectivity index (χ1v) is 14.2. The number of dihydropyridines is 1. The van der Waals surface area contributed by atoms with Gasteiger partial charge in [-0.2, -0.15) is 0 Å². The van der Waals surface area contributed by atoms with Crippen LogP contribution in [0.4, 0.5) is 0 Å². The Hall–Kier alpha value is -5.34. The molecule has 0 fully saturated rings. The number of aromatic nitrogens is 1. The first-order chi connectivity index (χ1) is 20.3. The summed E-state index contributed by atoms with van der Waals surface area (Å²) in [4.78, 5) is 0. The van der Waals surface area contributed by atoms with E-state index < -0.39 is 0 Å². The molecule has 9 rings (SSSR count). The molecular formula is C39H26N2. The summed E-state index contributed by atoms with van der Waals surface area (Å²) in [5, 5.41) is 8.75. The van der Waals surface area contributed by atoms with Gasteiger partial charge < -0.3 is 9.88 Å². The fourth-order valence-electron chi connectivity index (χ4n) is 6.98. The minimum Gasteiger partial charge on any atom is -0.381 e. The van der Waals surface area contributed by atoms with Crippen molar-refractivity contribution in [3.05, 3.63) is 151 Å². The third-order valence-corrected chi connectivity index (χ3v) is 8.78. The van der Waals surface area contributed by atoms with E-state index in [1.165, 1.54) is 77.2 Å². The molecule has 0 saturated heterocycles. The van der Waals surface area contributed by atoms with Gasteiger partial charge in [-0.15, -0.1) is 0 Å². The fourth-order valence-corrected chi connectivity index (χ4v) is 6.98. The number of benzene rings is 6. The lowest BCUT2D eigenvalue weighted by Gasteiger charge is -2.17. The highest BCUT2D eigenvalue weighted by Crippen LogP contribution is 2.51. The number of fused-ring (bicyclic) bond motifs is 7. The van der Waals surface area contributed by atoms with Crippen LogP contribution in [0.25, 0.3) is 71.6 Å². The second-order valence-corrected chi connectivity index (χ2v) is 11.0. The Morgan fingerprint density at radius 1 is 0.512 bits per heavy atom. The van der Waals surface area contributed by atoms with E-state index in [1.54, 1.807) is 0 Å². The third kappa shape index (κ3) is 3.25. The maximum absolute atomic E-state index is 3.46. The summed E-state index contributed by atoms with van der Waals surface area (Å²) in [6, 6.07) is 44.9. The number of hydrogen-bond acceptors (Lipinski definition) is 1. The Bertz CT molecular complexity index is 2230. The minimum atomic E-state index is 0.188. The van der Waals surface area contributed by atoms with Crippen LogP contribution in [0.5, 0.6) is 0 Å². The van der Waals surface area contributed by atoms with Crippen molar-refractivity contribution in [1.29, 1.82) is 0 Å². The number of para-hydroxylation sites is 1. The largest absolute Gasteiger partial charge is 0.381 e. The lowest BCUT2D eigenvalue weighted by atomic mass is 9.95. The molecule has 1 aromatic heterocycles. The summed E-state index contributed by atoms with van der Waals surface area (Å²) in [5.74, 6) is 0. The van der Waals surface area contributed by atoms with E-state index in [-0.39, 0.29) is 6.04 Å². The molecule has 0 bridgehead atoms. The molecule has 1 N–H and O–H groups in total. The molecule has 2 heterocycles.